The Morgan fingerprint density at radius 1 is 0.839 bits per heavy atom. The summed E-state index contributed by atoms with van der Waals surface area (Å²) in [5, 5.41) is 13.3. The number of carbonyl (C=O) groups is 7. The zero-order valence-electron chi connectivity index (χ0n) is 34.5. The Morgan fingerprint density at radius 2 is 1.53 bits per heavy atom. The van der Waals surface area contributed by atoms with Crippen LogP contribution >= 0.6 is 0 Å². The van der Waals surface area contributed by atoms with E-state index in [2.05, 4.69) is 21.0 Å². The van der Waals surface area contributed by atoms with E-state index >= 15 is 0 Å². The van der Waals surface area contributed by atoms with Crippen molar-refractivity contribution in [1.29, 1.82) is 0 Å². The van der Waals surface area contributed by atoms with E-state index in [9.17, 15) is 33.6 Å². The number of anilines is 1. The summed E-state index contributed by atoms with van der Waals surface area (Å²) in [6, 6.07) is 18.3. The highest BCUT2D eigenvalue weighted by molar-refractivity contribution is 6.12. The van der Waals surface area contributed by atoms with E-state index in [1.54, 1.807) is 46.0 Å². The van der Waals surface area contributed by atoms with Crippen molar-refractivity contribution in [3.63, 3.8) is 0 Å². The van der Waals surface area contributed by atoms with Gasteiger partial charge in [0.05, 0.1) is 44.2 Å². The first kappa shape index (κ1) is 44.6. The van der Waals surface area contributed by atoms with Crippen LogP contribution in [-0.4, -0.2) is 119 Å². The highest BCUT2D eigenvalue weighted by atomic mass is 16.6. The van der Waals surface area contributed by atoms with Crippen molar-refractivity contribution in [2.24, 2.45) is 5.73 Å². The predicted octanol–water partition coefficient (Wildman–Crippen LogP) is 2.94. The molecular weight excluding hydrogens is 801 g/mol. The number of hydrogen-bond donors (Lipinski definition) is 4. The molecule has 3 atom stereocenters. The van der Waals surface area contributed by atoms with Crippen LogP contribution in [0.15, 0.2) is 85.1 Å². The fourth-order valence-electron chi connectivity index (χ4n) is 6.94. The summed E-state index contributed by atoms with van der Waals surface area (Å²) >= 11 is 0. The van der Waals surface area contributed by atoms with Gasteiger partial charge in [-0.3, -0.25) is 33.7 Å². The Morgan fingerprint density at radius 3 is 2.24 bits per heavy atom. The number of benzene rings is 3. The van der Waals surface area contributed by atoms with Crippen molar-refractivity contribution in [2.75, 3.05) is 51.4 Å². The summed E-state index contributed by atoms with van der Waals surface area (Å²) in [6.07, 6.45) is 5.60. The maximum absolute atomic E-state index is 13.1. The third kappa shape index (κ3) is 11.9. The number of nitrogens with zero attached hydrogens (tertiary/aromatic N) is 4. The van der Waals surface area contributed by atoms with Crippen LogP contribution in [0.1, 0.15) is 60.5 Å². The Bertz CT molecular complexity index is 2290. The van der Waals surface area contributed by atoms with Crippen LogP contribution in [0, 0.1) is 0 Å². The van der Waals surface area contributed by atoms with Gasteiger partial charge in [-0.25, -0.2) is 9.48 Å². The fourth-order valence-corrected chi connectivity index (χ4v) is 6.94. The molecule has 1 unspecified atom stereocenters. The molecule has 18 nitrogen and oxygen atoms in total. The number of ether oxygens (including phenoxy) is 3. The Balaban J connectivity index is 0.857. The van der Waals surface area contributed by atoms with Crippen LogP contribution in [-0.2, 0) is 44.8 Å². The van der Waals surface area contributed by atoms with Gasteiger partial charge in [0.1, 0.15) is 24.2 Å². The summed E-state index contributed by atoms with van der Waals surface area (Å²) in [5.74, 6) is -2.58. The first-order valence-corrected chi connectivity index (χ1v) is 20.3. The molecule has 1 saturated heterocycles. The first-order chi connectivity index (χ1) is 29.9. The number of rotatable bonds is 19. The van der Waals surface area contributed by atoms with Gasteiger partial charge in [-0.2, -0.15) is 5.10 Å². The molecule has 2 aliphatic rings. The van der Waals surface area contributed by atoms with Gasteiger partial charge >= 0.3 is 6.09 Å². The Labute approximate surface area is 357 Å². The molecule has 1 fully saturated rings. The van der Waals surface area contributed by atoms with Crippen LogP contribution < -0.4 is 21.7 Å². The van der Waals surface area contributed by atoms with E-state index in [0.29, 0.717) is 29.9 Å². The van der Waals surface area contributed by atoms with E-state index in [-0.39, 0.29) is 63.7 Å². The lowest BCUT2D eigenvalue weighted by molar-refractivity contribution is -0.137. The summed E-state index contributed by atoms with van der Waals surface area (Å²) in [4.78, 5) is 88.6. The van der Waals surface area contributed by atoms with Gasteiger partial charge in [-0.15, -0.1) is 0 Å². The maximum atomic E-state index is 13.1. The van der Waals surface area contributed by atoms with Gasteiger partial charge in [-0.05, 0) is 68.1 Å². The van der Waals surface area contributed by atoms with Gasteiger partial charge in [-0.1, -0.05) is 36.4 Å². The van der Waals surface area contributed by atoms with Crippen molar-refractivity contribution in [3.05, 3.63) is 102 Å². The lowest BCUT2D eigenvalue weighted by atomic mass is 9.91. The average molecular weight is 851 g/mol. The molecule has 0 aliphatic carbocycles. The zero-order valence-corrected chi connectivity index (χ0v) is 34.5. The SMILES string of the molecule is C[C@H](NC(=O)CCOCCOCCN1C(=O)C=CC1=O)C(=O)N[C@@H](C)C(=O)Nc1ccc(COC(=O)N2CCCC(c3ccc(-n4cc5cccc(C(N)=O)c5n4)cc3)C2)cc1. The van der Waals surface area contributed by atoms with Gasteiger partial charge in [0.25, 0.3) is 17.7 Å². The zero-order chi connectivity index (χ0) is 44.2. The summed E-state index contributed by atoms with van der Waals surface area (Å²) in [6.45, 7) is 4.96. The second-order valence-corrected chi connectivity index (χ2v) is 15.0. The number of imide groups is 1. The minimum atomic E-state index is -0.912. The van der Waals surface area contributed by atoms with Crippen LogP contribution in [0.4, 0.5) is 10.5 Å². The van der Waals surface area contributed by atoms with E-state index in [0.717, 1.165) is 39.9 Å². The molecule has 3 aromatic carbocycles. The predicted molar refractivity (Wildman–Crippen MR) is 226 cm³/mol. The number of piperidine rings is 1. The summed E-state index contributed by atoms with van der Waals surface area (Å²) in [5.41, 5.74) is 9.57. The van der Waals surface area contributed by atoms with Crippen molar-refractivity contribution >= 4 is 58.1 Å². The monoisotopic (exact) mass is 850 g/mol. The van der Waals surface area contributed by atoms with Crippen LogP contribution in [0.3, 0.4) is 0 Å². The van der Waals surface area contributed by atoms with Crippen LogP contribution in [0.5, 0.6) is 0 Å². The number of nitrogens with two attached hydrogens (primary N) is 1. The molecule has 62 heavy (non-hydrogen) atoms. The highest BCUT2D eigenvalue weighted by Gasteiger charge is 2.27. The molecule has 7 amide bonds. The molecule has 326 valence electrons. The van der Waals surface area contributed by atoms with Gasteiger partial charge in [0.2, 0.25) is 17.7 Å². The van der Waals surface area contributed by atoms with Gasteiger partial charge < -0.3 is 40.8 Å². The minimum Gasteiger partial charge on any atom is -0.445 e. The number of nitrogens with one attached hydrogen (secondary N) is 3. The first-order valence-electron chi connectivity index (χ1n) is 20.3. The Hall–Kier alpha value is -6.92. The quantitative estimate of drug-likeness (QED) is 0.0791. The molecule has 18 heteroatoms. The number of likely N-dealkylation sites (tertiary alicyclic amines) is 1. The fraction of sp³-hybridized carbons (Fsp3) is 0.364. The third-order valence-corrected chi connectivity index (χ3v) is 10.4. The minimum absolute atomic E-state index is 0.00366. The second kappa shape index (κ2) is 21.0. The molecule has 5 N–H and O–H groups in total. The van der Waals surface area contributed by atoms with Crippen LogP contribution in [0.2, 0.25) is 0 Å². The molecule has 0 saturated carbocycles. The van der Waals surface area contributed by atoms with Crippen molar-refractivity contribution in [2.45, 2.75) is 57.7 Å². The number of aromatic nitrogens is 2. The molecule has 0 bridgehead atoms. The van der Waals surface area contributed by atoms with Gasteiger partial charge in [0, 0.05) is 54.9 Å². The summed E-state index contributed by atoms with van der Waals surface area (Å²) < 4.78 is 18.1. The number of fused-ring (bicyclic) bond motifs is 1. The normalized spacial score (nSPS) is 15.9. The van der Waals surface area contributed by atoms with E-state index in [1.807, 2.05) is 36.5 Å². The third-order valence-electron chi connectivity index (χ3n) is 10.4. The number of hydrogen-bond acceptors (Lipinski definition) is 11. The van der Waals surface area contributed by atoms with E-state index < -0.39 is 41.8 Å². The number of amides is 7. The molecular formula is C44H50N8O10. The van der Waals surface area contributed by atoms with Crippen LogP contribution in [0.25, 0.3) is 16.6 Å². The van der Waals surface area contributed by atoms with Crippen molar-refractivity contribution in [3.8, 4) is 5.69 Å². The highest BCUT2D eigenvalue weighted by Crippen LogP contribution is 2.29. The molecule has 2 aliphatic heterocycles. The lowest BCUT2D eigenvalue weighted by Crippen LogP contribution is -2.50. The molecule has 1 aromatic heterocycles. The van der Waals surface area contributed by atoms with E-state index in [1.165, 1.54) is 26.0 Å². The molecule has 4 aromatic rings. The molecule has 0 spiro atoms. The molecule has 6 rings (SSSR count). The largest absolute Gasteiger partial charge is 0.445 e. The Kier molecular flexibility index (Phi) is 15.2. The lowest BCUT2D eigenvalue weighted by Gasteiger charge is -2.32. The number of carbonyl (C=O) groups excluding carboxylic acids is 7. The van der Waals surface area contributed by atoms with Crippen molar-refractivity contribution < 1.29 is 47.8 Å². The smallest absolute Gasteiger partial charge is 0.410 e. The average Bonchev–Trinajstić information content (AvgIpc) is 3.86. The summed E-state index contributed by atoms with van der Waals surface area (Å²) in [7, 11) is 0. The number of primary amides is 1. The topological polar surface area (TPSA) is 234 Å². The second-order valence-electron chi connectivity index (χ2n) is 15.0. The van der Waals surface area contributed by atoms with Gasteiger partial charge in [0.15, 0.2) is 0 Å². The standard InChI is InChI=1S/C44H50N8O10/c1-28(46-37(53)18-21-60-23-24-61-22-20-51-38(54)16-17-39(51)55)42(57)47-29(2)43(58)48-34-12-8-30(9-13-34)27-62-44(59)50-19-4-6-32(25-50)31-10-14-35(15-11-31)52-26-33-5-3-7-36(41(45)56)40(33)49-52/h3,5,7-17,26,28-29,32H,4,6,18-25,27H2,1-2H3,(H2,45,56)(H,46,53)(H,47,57)(H,48,58)/t28-,29-,32?/m0/s1. The van der Waals surface area contributed by atoms with Crippen molar-refractivity contribution in [1.82, 2.24) is 30.2 Å². The van der Waals surface area contributed by atoms with E-state index in [4.69, 9.17) is 19.9 Å². The maximum Gasteiger partial charge on any atom is 0.410 e. The molecule has 3 heterocycles. The molecule has 0 radical (unpaired) electrons.